The van der Waals surface area contributed by atoms with E-state index in [2.05, 4.69) is 10.1 Å². The van der Waals surface area contributed by atoms with Gasteiger partial charge in [0, 0.05) is 17.7 Å². The molecule has 44 heavy (non-hydrogen) atoms. The van der Waals surface area contributed by atoms with Gasteiger partial charge in [0.2, 0.25) is 0 Å². The number of fused-ring (bicyclic) bond motifs is 1. The van der Waals surface area contributed by atoms with Crippen molar-refractivity contribution in [1.82, 2.24) is 10.2 Å². The van der Waals surface area contributed by atoms with Gasteiger partial charge in [0.15, 0.2) is 0 Å². The topological polar surface area (TPSA) is 67.9 Å². The summed E-state index contributed by atoms with van der Waals surface area (Å²) >= 11 is 0. The van der Waals surface area contributed by atoms with Gasteiger partial charge in [0.1, 0.15) is 11.3 Å². The van der Waals surface area contributed by atoms with Gasteiger partial charge < -0.3 is 14.8 Å². The number of carbonyl (C=O) groups excluding carboxylic acids is 2. The summed E-state index contributed by atoms with van der Waals surface area (Å²) in [4.78, 5) is 27.1. The number of halogens is 6. The van der Waals surface area contributed by atoms with Crippen molar-refractivity contribution < 1.29 is 45.4 Å². The Balaban J connectivity index is 1.50. The van der Waals surface area contributed by atoms with E-state index < -0.39 is 41.7 Å². The first-order valence-electron chi connectivity index (χ1n) is 15.0. The Kier molecular flexibility index (Phi) is 9.63. The second kappa shape index (κ2) is 12.6. The van der Waals surface area contributed by atoms with Crippen molar-refractivity contribution in [2.75, 3.05) is 13.2 Å². The number of hydrogen-bond donors (Lipinski definition) is 1. The molecular weight excluding hydrogens is 590 g/mol. The van der Waals surface area contributed by atoms with Gasteiger partial charge in [-0.2, -0.15) is 26.3 Å². The highest BCUT2D eigenvalue weighted by atomic mass is 19.4. The molecule has 2 aliphatic heterocycles. The molecule has 2 heterocycles. The molecule has 242 valence electrons. The van der Waals surface area contributed by atoms with Gasteiger partial charge in [-0.05, 0) is 67.3 Å². The maximum Gasteiger partial charge on any atom is 0.430 e. The first kappa shape index (κ1) is 33.6. The van der Waals surface area contributed by atoms with Gasteiger partial charge in [-0.15, -0.1) is 0 Å². The third kappa shape index (κ3) is 5.77. The fraction of sp³-hybridized carbons (Fsp3) is 0.562. The molecular formula is C32H38F6N2O4. The number of imide groups is 1. The standard InChI is InChI=1S/C32H38F6N2O4/c1-5-10-21-18-25-24(19-44-30(25,31(33,34)35)32(36,37)38)23(11-6-2)26(21)43-17-9-8-16-40-27(41)29(4,39-28(40)42)22-14-12-20(7-3)13-15-22/h12-15,18H,5-11,16-17,19H2,1-4H3,(H,39,42). The van der Waals surface area contributed by atoms with Crippen molar-refractivity contribution in [2.24, 2.45) is 0 Å². The Morgan fingerprint density at radius 1 is 0.955 bits per heavy atom. The molecule has 3 amide bonds. The number of nitrogens with one attached hydrogen (secondary N) is 1. The maximum atomic E-state index is 14.0. The van der Waals surface area contributed by atoms with Crippen LogP contribution in [-0.2, 0) is 46.5 Å². The zero-order valence-electron chi connectivity index (χ0n) is 25.3. The number of benzene rings is 2. The van der Waals surface area contributed by atoms with Gasteiger partial charge in [-0.1, -0.05) is 57.9 Å². The van der Waals surface area contributed by atoms with Gasteiger partial charge in [-0.25, -0.2) is 4.79 Å². The fourth-order valence-electron chi connectivity index (χ4n) is 6.05. The van der Waals surface area contributed by atoms with E-state index in [-0.39, 0.29) is 48.8 Å². The van der Waals surface area contributed by atoms with Crippen molar-refractivity contribution in [3.63, 3.8) is 0 Å². The summed E-state index contributed by atoms with van der Waals surface area (Å²) in [6.45, 7) is 6.62. The molecule has 1 atom stereocenters. The number of urea groups is 1. The highest BCUT2D eigenvalue weighted by molar-refractivity contribution is 6.07. The van der Waals surface area contributed by atoms with E-state index >= 15 is 0 Å². The SMILES string of the molecule is CCCc1cc2c(c(CCC)c1OCCCCN1C(=O)NC(C)(c3ccc(CC)cc3)C1=O)COC2(C(F)(F)F)C(F)(F)F. The molecule has 4 rings (SSSR count). The Bertz CT molecular complexity index is 1360. The summed E-state index contributed by atoms with van der Waals surface area (Å²) in [5.74, 6) is -0.0890. The van der Waals surface area contributed by atoms with Crippen LogP contribution in [0, 0.1) is 0 Å². The van der Waals surface area contributed by atoms with Crippen LogP contribution in [-0.4, -0.2) is 42.3 Å². The van der Waals surface area contributed by atoms with Gasteiger partial charge in [0.05, 0.1) is 13.2 Å². The van der Waals surface area contributed by atoms with Gasteiger partial charge >= 0.3 is 18.4 Å². The smallest absolute Gasteiger partial charge is 0.430 e. The second-order valence-electron chi connectivity index (χ2n) is 11.5. The number of unbranched alkanes of at least 4 members (excludes halogenated alkanes) is 1. The highest BCUT2D eigenvalue weighted by Crippen LogP contribution is 2.58. The normalized spacial score (nSPS) is 19.8. The van der Waals surface area contributed by atoms with Crippen LogP contribution >= 0.6 is 0 Å². The number of amides is 3. The van der Waals surface area contributed by atoms with E-state index in [0.29, 0.717) is 36.8 Å². The minimum atomic E-state index is -5.71. The van der Waals surface area contributed by atoms with E-state index in [1.165, 1.54) is 0 Å². The van der Waals surface area contributed by atoms with E-state index in [1.54, 1.807) is 20.8 Å². The van der Waals surface area contributed by atoms with Crippen LogP contribution in [0.15, 0.2) is 30.3 Å². The molecule has 0 aliphatic carbocycles. The summed E-state index contributed by atoms with van der Waals surface area (Å²) in [6.07, 6.45) is -8.44. The predicted octanol–water partition coefficient (Wildman–Crippen LogP) is 7.63. The molecule has 2 aromatic rings. The number of rotatable bonds is 12. The predicted molar refractivity (Wildman–Crippen MR) is 151 cm³/mol. The molecule has 0 spiro atoms. The zero-order valence-corrected chi connectivity index (χ0v) is 25.3. The number of hydrogen-bond acceptors (Lipinski definition) is 4. The second-order valence-corrected chi connectivity index (χ2v) is 11.5. The van der Waals surface area contributed by atoms with Crippen molar-refractivity contribution in [1.29, 1.82) is 0 Å². The maximum absolute atomic E-state index is 14.0. The minimum Gasteiger partial charge on any atom is -0.493 e. The Labute approximate surface area is 253 Å². The molecule has 1 fully saturated rings. The van der Waals surface area contributed by atoms with Crippen LogP contribution in [0.2, 0.25) is 0 Å². The number of nitrogens with zero attached hydrogens (tertiary/aromatic N) is 1. The summed E-state index contributed by atoms with van der Waals surface area (Å²) in [5.41, 5.74) is -4.31. The monoisotopic (exact) mass is 628 g/mol. The summed E-state index contributed by atoms with van der Waals surface area (Å²) < 4.78 is 94.9. The Morgan fingerprint density at radius 2 is 1.59 bits per heavy atom. The third-order valence-corrected chi connectivity index (χ3v) is 8.44. The molecule has 0 saturated carbocycles. The largest absolute Gasteiger partial charge is 0.493 e. The Morgan fingerprint density at radius 3 is 2.16 bits per heavy atom. The average Bonchev–Trinajstić information content (AvgIpc) is 3.46. The quantitative estimate of drug-likeness (QED) is 0.149. The molecule has 1 saturated heterocycles. The lowest BCUT2D eigenvalue weighted by atomic mass is 9.84. The minimum absolute atomic E-state index is 0.0934. The number of carbonyl (C=O) groups is 2. The van der Waals surface area contributed by atoms with Crippen molar-refractivity contribution in [2.45, 2.75) is 103 Å². The number of ether oxygens (including phenoxy) is 2. The van der Waals surface area contributed by atoms with E-state index in [4.69, 9.17) is 4.74 Å². The molecule has 1 unspecified atom stereocenters. The first-order chi connectivity index (χ1) is 20.7. The Hall–Kier alpha value is -3.28. The van der Waals surface area contributed by atoms with Crippen LogP contribution in [0.1, 0.15) is 86.8 Å². The van der Waals surface area contributed by atoms with Crippen molar-refractivity contribution in [3.05, 3.63) is 63.7 Å². The van der Waals surface area contributed by atoms with E-state index in [9.17, 15) is 35.9 Å². The average molecular weight is 629 g/mol. The summed E-state index contributed by atoms with van der Waals surface area (Å²) in [5, 5.41) is 2.78. The molecule has 0 bridgehead atoms. The molecule has 2 aliphatic rings. The van der Waals surface area contributed by atoms with Crippen LogP contribution in [0.4, 0.5) is 31.1 Å². The van der Waals surface area contributed by atoms with E-state index in [0.717, 1.165) is 23.0 Å². The van der Waals surface area contributed by atoms with Crippen LogP contribution < -0.4 is 10.1 Å². The van der Waals surface area contributed by atoms with Crippen LogP contribution in [0.25, 0.3) is 0 Å². The van der Waals surface area contributed by atoms with Crippen molar-refractivity contribution >= 4 is 11.9 Å². The van der Waals surface area contributed by atoms with E-state index in [1.807, 2.05) is 31.2 Å². The summed E-state index contributed by atoms with van der Waals surface area (Å²) in [6, 6.07) is 7.91. The molecule has 0 aromatic heterocycles. The van der Waals surface area contributed by atoms with Gasteiger partial charge in [0.25, 0.3) is 11.5 Å². The molecule has 12 heteroatoms. The van der Waals surface area contributed by atoms with Crippen LogP contribution in [0.3, 0.4) is 0 Å². The van der Waals surface area contributed by atoms with Gasteiger partial charge in [-0.3, -0.25) is 9.69 Å². The molecule has 2 aromatic carbocycles. The number of alkyl halides is 6. The summed E-state index contributed by atoms with van der Waals surface area (Å²) in [7, 11) is 0. The molecule has 1 N–H and O–H groups in total. The number of aryl methyl sites for hydroxylation is 2. The van der Waals surface area contributed by atoms with Crippen LogP contribution in [0.5, 0.6) is 5.75 Å². The molecule has 0 radical (unpaired) electrons. The fourth-order valence-corrected chi connectivity index (χ4v) is 6.05. The lowest BCUT2D eigenvalue weighted by molar-refractivity contribution is -0.385. The highest BCUT2D eigenvalue weighted by Gasteiger charge is 2.76. The lowest BCUT2D eigenvalue weighted by Gasteiger charge is -2.34. The third-order valence-electron chi connectivity index (χ3n) is 8.44. The zero-order chi connectivity index (χ0) is 32.5. The lowest BCUT2D eigenvalue weighted by Crippen LogP contribution is -2.53. The van der Waals surface area contributed by atoms with Crippen molar-refractivity contribution in [3.8, 4) is 5.75 Å². The first-order valence-corrected chi connectivity index (χ1v) is 15.0. The molecule has 6 nitrogen and oxygen atoms in total.